The van der Waals surface area contributed by atoms with Crippen molar-refractivity contribution in [2.75, 3.05) is 13.2 Å². The Labute approximate surface area is 196 Å². The number of ether oxygens (including phenoxy) is 2. The number of hydrogen-bond acceptors (Lipinski definition) is 5. The molecule has 0 saturated carbocycles. The molecule has 0 aliphatic rings. The lowest BCUT2D eigenvalue weighted by atomic mass is 9.96. The van der Waals surface area contributed by atoms with E-state index in [4.69, 9.17) is 20.3 Å². The zero-order chi connectivity index (χ0) is 24.4. The van der Waals surface area contributed by atoms with Gasteiger partial charge in [-0.3, -0.25) is 4.79 Å². The molecule has 0 saturated heterocycles. The van der Waals surface area contributed by atoms with Gasteiger partial charge in [0.15, 0.2) is 0 Å². The fourth-order valence-electron chi connectivity index (χ4n) is 3.32. The Morgan fingerprint density at radius 2 is 1.79 bits per heavy atom. The van der Waals surface area contributed by atoms with E-state index in [9.17, 15) is 9.59 Å². The number of carbonyl (C=O) groups is 2. The third kappa shape index (κ3) is 9.14. The summed E-state index contributed by atoms with van der Waals surface area (Å²) < 4.78 is 11.1. The van der Waals surface area contributed by atoms with Gasteiger partial charge < -0.3 is 25.6 Å². The van der Waals surface area contributed by atoms with Crippen LogP contribution in [0, 0.1) is 0 Å². The number of aryl methyl sites for hydroxylation is 1. The van der Waals surface area contributed by atoms with Crippen molar-refractivity contribution < 1.29 is 24.2 Å². The standard InChI is InChI=1S/C26H36N2O5/c1-5-19-17-21(32-15-7-6-14-28-25(31)33-26(2,3)4)12-13-22(19)20-10-8-18(9-11-20)16-23(27)24(29)30/h8-13,17,23H,5-7,14-16,27H2,1-4H3,(H,28,31)(H,29,30)/t23-/m0/s1. The van der Waals surface area contributed by atoms with Gasteiger partial charge in [-0.2, -0.15) is 0 Å². The topological polar surface area (TPSA) is 111 Å². The first kappa shape index (κ1) is 26.2. The summed E-state index contributed by atoms with van der Waals surface area (Å²) in [5, 5.41) is 11.7. The second-order valence-corrected chi connectivity index (χ2v) is 9.00. The van der Waals surface area contributed by atoms with Crippen molar-refractivity contribution in [1.29, 1.82) is 0 Å². The van der Waals surface area contributed by atoms with Crippen molar-refractivity contribution in [1.82, 2.24) is 5.32 Å². The number of nitrogens with one attached hydrogen (secondary N) is 1. The van der Waals surface area contributed by atoms with Gasteiger partial charge in [-0.1, -0.05) is 37.3 Å². The largest absolute Gasteiger partial charge is 0.494 e. The van der Waals surface area contributed by atoms with E-state index in [2.05, 4.69) is 24.4 Å². The molecule has 0 spiro atoms. The summed E-state index contributed by atoms with van der Waals surface area (Å²) in [4.78, 5) is 22.6. The maximum absolute atomic E-state index is 11.6. The highest BCUT2D eigenvalue weighted by Crippen LogP contribution is 2.28. The van der Waals surface area contributed by atoms with E-state index in [1.165, 1.54) is 5.56 Å². The molecule has 0 unspecified atom stereocenters. The lowest BCUT2D eigenvalue weighted by Gasteiger charge is -2.19. The monoisotopic (exact) mass is 456 g/mol. The number of carbonyl (C=O) groups excluding carboxylic acids is 1. The first-order valence-electron chi connectivity index (χ1n) is 11.4. The summed E-state index contributed by atoms with van der Waals surface area (Å²) in [5.74, 6) is -0.179. The number of unbranched alkanes of at least 4 members (excludes halogenated alkanes) is 1. The van der Waals surface area contributed by atoms with E-state index in [0.29, 0.717) is 19.6 Å². The molecule has 1 amide bonds. The van der Waals surface area contributed by atoms with Gasteiger partial charge in [0.25, 0.3) is 0 Å². The summed E-state index contributed by atoms with van der Waals surface area (Å²) in [6, 6.07) is 13.0. The molecule has 0 aliphatic heterocycles. The maximum Gasteiger partial charge on any atom is 0.407 e. The van der Waals surface area contributed by atoms with Crippen LogP contribution in [-0.4, -0.2) is 42.0 Å². The van der Waals surface area contributed by atoms with E-state index in [-0.39, 0.29) is 0 Å². The highest BCUT2D eigenvalue weighted by Gasteiger charge is 2.15. The number of rotatable bonds is 11. The molecule has 180 valence electrons. The van der Waals surface area contributed by atoms with Crippen LogP contribution in [0.1, 0.15) is 51.7 Å². The average Bonchev–Trinajstić information content (AvgIpc) is 2.75. The van der Waals surface area contributed by atoms with Crippen molar-refractivity contribution in [3.05, 3.63) is 53.6 Å². The summed E-state index contributed by atoms with van der Waals surface area (Å²) in [6.07, 6.45) is 2.38. The zero-order valence-electron chi connectivity index (χ0n) is 20.0. The van der Waals surface area contributed by atoms with Gasteiger partial charge in [-0.15, -0.1) is 0 Å². The van der Waals surface area contributed by atoms with Crippen LogP contribution in [0.4, 0.5) is 4.79 Å². The molecule has 4 N–H and O–H groups in total. The summed E-state index contributed by atoms with van der Waals surface area (Å²) in [7, 11) is 0. The van der Waals surface area contributed by atoms with Crippen LogP contribution in [0.2, 0.25) is 0 Å². The molecule has 2 rings (SSSR count). The molecule has 0 aromatic heterocycles. The fourth-order valence-corrected chi connectivity index (χ4v) is 3.32. The van der Waals surface area contributed by atoms with E-state index in [0.717, 1.165) is 41.7 Å². The van der Waals surface area contributed by atoms with Crippen molar-refractivity contribution in [3.63, 3.8) is 0 Å². The molecular formula is C26H36N2O5. The van der Waals surface area contributed by atoms with Crippen molar-refractivity contribution in [2.45, 2.75) is 65.0 Å². The highest BCUT2D eigenvalue weighted by molar-refractivity contribution is 5.74. The molecule has 0 fully saturated rings. The minimum atomic E-state index is -0.998. The van der Waals surface area contributed by atoms with Gasteiger partial charge in [0, 0.05) is 6.54 Å². The number of hydrogen-bond donors (Lipinski definition) is 3. The van der Waals surface area contributed by atoms with E-state index in [1.807, 2.05) is 51.1 Å². The number of nitrogens with two attached hydrogens (primary N) is 1. The Hall–Kier alpha value is -3.06. The Morgan fingerprint density at radius 1 is 1.09 bits per heavy atom. The average molecular weight is 457 g/mol. The first-order valence-corrected chi connectivity index (χ1v) is 11.4. The normalized spacial score (nSPS) is 12.2. The second-order valence-electron chi connectivity index (χ2n) is 9.00. The SMILES string of the molecule is CCc1cc(OCCCCNC(=O)OC(C)(C)C)ccc1-c1ccc(C[C@H](N)C(=O)O)cc1. The quantitative estimate of drug-likeness (QED) is 0.428. The Bertz CT molecular complexity index is 919. The first-order chi connectivity index (χ1) is 15.6. The van der Waals surface area contributed by atoms with Gasteiger partial charge in [-0.05, 0) is 80.8 Å². The Balaban J connectivity index is 1.85. The smallest absolute Gasteiger partial charge is 0.407 e. The number of carboxylic acids is 1. The van der Waals surface area contributed by atoms with Crippen molar-refractivity contribution in [3.8, 4) is 16.9 Å². The molecule has 0 bridgehead atoms. The predicted molar refractivity (Wildman–Crippen MR) is 130 cm³/mol. The third-order valence-corrected chi connectivity index (χ3v) is 5.00. The summed E-state index contributed by atoms with van der Waals surface area (Å²) in [5.41, 5.74) is 9.40. The number of carboxylic acid groups (broad SMARTS) is 1. The molecule has 2 aromatic carbocycles. The van der Waals surface area contributed by atoms with Gasteiger partial charge in [0.2, 0.25) is 0 Å². The minimum absolute atomic E-state index is 0.302. The molecule has 7 heteroatoms. The third-order valence-electron chi connectivity index (χ3n) is 5.00. The summed E-state index contributed by atoms with van der Waals surface area (Å²) >= 11 is 0. The van der Waals surface area contributed by atoms with E-state index < -0.39 is 23.7 Å². The van der Waals surface area contributed by atoms with Crippen molar-refractivity contribution >= 4 is 12.1 Å². The molecular weight excluding hydrogens is 420 g/mol. The number of aliphatic carboxylic acids is 1. The highest BCUT2D eigenvalue weighted by atomic mass is 16.6. The molecule has 0 aliphatic carbocycles. The lowest BCUT2D eigenvalue weighted by molar-refractivity contribution is -0.138. The van der Waals surface area contributed by atoms with Crippen LogP contribution in [-0.2, 0) is 22.4 Å². The van der Waals surface area contributed by atoms with Crippen LogP contribution >= 0.6 is 0 Å². The van der Waals surface area contributed by atoms with E-state index in [1.54, 1.807) is 0 Å². The van der Waals surface area contributed by atoms with Crippen molar-refractivity contribution in [2.24, 2.45) is 5.73 Å². The number of alkyl carbamates (subject to hydrolysis) is 1. The molecule has 0 heterocycles. The van der Waals surface area contributed by atoms with Gasteiger partial charge >= 0.3 is 12.1 Å². The lowest BCUT2D eigenvalue weighted by Crippen LogP contribution is -2.33. The van der Waals surface area contributed by atoms with Crippen LogP contribution < -0.4 is 15.8 Å². The fraction of sp³-hybridized carbons (Fsp3) is 0.462. The molecule has 1 atom stereocenters. The second kappa shape index (κ2) is 12.3. The molecule has 0 radical (unpaired) electrons. The zero-order valence-corrected chi connectivity index (χ0v) is 20.0. The van der Waals surface area contributed by atoms with Gasteiger partial charge in [0.05, 0.1) is 6.61 Å². The van der Waals surface area contributed by atoms with Crippen LogP contribution in [0.15, 0.2) is 42.5 Å². The van der Waals surface area contributed by atoms with Crippen LogP contribution in [0.3, 0.4) is 0 Å². The molecule has 2 aromatic rings. The maximum atomic E-state index is 11.6. The minimum Gasteiger partial charge on any atom is -0.494 e. The number of benzene rings is 2. The molecule has 7 nitrogen and oxygen atoms in total. The molecule has 33 heavy (non-hydrogen) atoms. The predicted octanol–water partition coefficient (Wildman–Crippen LogP) is 4.55. The Morgan fingerprint density at radius 3 is 2.39 bits per heavy atom. The van der Waals surface area contributed by atoms with E-state index >= 15 is 0 Å². The summed E-state index contributed by atoms with van der Waals surface area (Å²) in [6.45, 7) is 8.73. The van der Waals surface area contributed by atoms with Crippen LogP contribution in [0.5, 0.6) is 5.75 Å². The van der Waals surface area contributed by atoms with Gasteiger partial charge in [-0.25, -0.2) is 4.79 Å². The number of amides is 1. The van der Waals surface area contributed by atoms with Gasteiger partial charge in [0.1, 0.15) is 17.4 Å². The van der Waals surface area contributed by atoms with Crippen LogP contribution in [0.25, 0.3) is 11.1 Å². The Kier molecular flexibility index (Phi) is 9.73.